The Morgan fingerprint density at radius 2 is 2.33 bits per heavy atom. The molecule has 6 nitrogen and oxygen atoms in total. The molecule has 1 aliphatic rings. The van der Waals surface area contributed by atoms with E-state index in [1.165, 1.54) is 0 Å². The van der Waals surface area contributed by atoms with Crippen molar-refractivity contribution in [2.45, 2.75) is 45.3 Å². The van der Waals surface area contributed by atoms with Gasteiger partial charge in [-0.1, -0.05) is 0 Å². The SMILES string of the molecule is CC(C)(C)OC(=O)NC[C@H]1CCCN1c1ncccc1O. The number of anilines is 1. The predicted octanol–water partition coefficient (Wildman–Crippen LogP) is 2.28. The summed E-state index contributed by atoms with van der Waals surface area (Å²) < 4.78 is 5.23. The molecule has 0 bridgehead atoms. The van der Waals surface area contributed by atoms with E-state index in [2.05, 4.69) is 10.3 Å². The van der Waals surface area contributed by atoms with E-state index < -0.39 is 11.7 Å². The Morgan fingerprint density at radius 3 is 3.00 bits per heavy atom. The number of hydrogen-bond donors (Lipinski definition) is 2. The van der Waals surface area contributed by atoms with E-state index in [0.717, 1.165) is 19.4 Å². The first kappa shape index (κ1) is 15.4. The van der Waals surface area contributed by atoms with E-state index in [1.54, 1.807) is 18.3 Å². The molecular weight excluding hydrogens is 270 g/mol. The average Bonchev–Trinajstić information content (AvgIpc) is 2.83. The van der Waals surface area contributed by atoms with Crippen LogP contribution in [-0.4, -0.2) is 40.9 Å². The van der Waals surface area contributed by atoms with Crippen LogP contribution < -0.4 is 10.2 Å². The van der Waals surface area contributed by atoms with Crippen LogP contribution in [0, 0.1) is 0 Å². The molecule has 116 valence electrons. The fourth-order valence-corrected chi connectivity index (χ4v) is 2.45. The maximum atomic E-state index is 11.7. The van der Waals surface area contributed by atoms with Gasteiger partial charge >= 0.3 is 6.09 Å². The van der Waals surface area contributed by atoms with Crippen LogP contribution in [0.25, 0.3) is 0 Å². The summed E-state index contributed by atoms with van der Waals surface area (Å²) in [5.41, 5.74) is -0.501. The summed E-state index contributed by atoms with van der Waals surface area (Å²) in [5, 5.41) is 12.7. The molecule has 1 atom stereocenters. The van der Waals surface area contributed by atoms with Crippen molar-refractivity contribution in [3.63, 3.8) is 0 Å². The molecule has 1 saturated heterocycles. The number of hydrogen-bond acceptors (Lipinski definition) is 5. The number of alkyl carbamates (subject to hydrolysis) is 1. The summed E-state index contributed by atoms with van der Waals surface area (Å²) in [6.45, 7) is 6.80. The van der Waals surface area contributed by atoms with Crippen molar-refractivity contribution in [3.05, 3.63) is 18.3 Å². The van der Waals surface area contributed by atoms with Gasteiger partial charge in [-0.05, 0) is 45.7 Å². The first-order chi connectivity index (χ1) is 9.87. The number of amides is 1. The molecule has 1 fully saturated rings. The quantitative estimate of drug-likeness (QED) is 0.894. The highest BCUT2D eigenvalue weighted by molar-refractivity contribution is 5.67. The fraction of sp³-hybridized carbons (Fsp3) is 0.600. The molecule has 0 unspecified atom stereocenters. The van der Waals surface area contributed by atoms with Crippen LogP contribution in [0.15, 0.2) is 18.3 Å². The second kappa shape index (κ2) is 6.20. The number of carbonyl (C=O) groups is 1. The molecule has 0 saturated carbocycles. The Morgan fingerprint density at radius 1 is 1.57 bits per heavy atom. The van der Waals surface area contributed by atoms with Gasteiger partial charge in [-0.3, -0.25) is 0 Å². The normalized spacial score (nSPS) is 18.6. The third kappa shape index (κ3) is 4.24. The standard InChI is InChI=1S/C15H23N3O3/c1-15(2,3)21-14(20)17-10-11-6-5-9-18(11)13-12(19)7-4-8-16-13/h4,7-8,11,19H,5-6,9-10H2,1-3H3,(H,17,20)/t11-/m1/s1. The smallest absolute Gasteiger partial charge is 0.407 e. The van der Waals surface area contributed by atoms with Crippen molar-refractivity contribution >= 4 is 11.9 Å². The molecule has 0 spiro atoms. The highest BCUT2D eigenvalue weighted by Gasteiger charge is 2.28. The maximum Gasteiger partial charge on any atom is 0.407 e. The average molecular weight is 293 g/mol. The van der Waals surface area contributed by atoms with Crippen molar-refractivity contribution < 1.29 is 14.6 Å². The monoisotopic (exact) mass is 293 g/mol. The number of pyridine rings is 1. The highest BCUT2D eigenvalue weighted by atomic mass is 16.6. The van der Waals surface area contributed by atoms with Crippen LogP contribution in [-0.2, 0) is 4.74 Å². The van der Waals surface area contributed by atoms with Crippen molar-refractivity contribution in [2.75, 3.05) is 18.0 Å². The minimum atomic E-state index is -0.501. The minimum absolute atomic E-state index is 0.123. The Hall–Kier alpha value is -1.98. The van der Waals surface area contributed by atoms with Gasteiger partial charge in [0.25, 0.3) is 0 Å². The zero-order valence-corrected chi connectivity index (χ0v) is 12.8. The van der Waals surface area contributed by atoms with Crippen LogP contribution >= 0.6 is 0 Å². The van der Waals surface area contributed by atoms with E-state index in [4.69, 9.17) is 4.74 Å². The van der Waals surface area contributed by atoms with Gasteiger partial charge in [-0.25, -0.2) is 9.78 Å². The van der Waals surface area contributed by atoms with Crippen LogP contribution in [0.3, 0.4) is 0 Å². The molecule has 21 heavy (non-hydrogen) atoms. The highest BCUT2D eigenvalue weighted by Crippen LogP contribution is 2.30. The molecule has 1 amide bonds. The molecular formula is C15H23N3O3. The van der Waals surface area contributed by atoms with Gasteiger partial charge in [-0.15, -0.1) is 0 Å². The molecule has 1 aromatic heterocycles. The lowest BCUT2D eigenvalue weighted by atomic mass is 10.2. The van der Waals surface area contributed by atoms with E-state index in [0.29, 0.717) is 12.4 Å². The van der Waals surface area contributed by atoms with Gasteiger partial charge in [-0.2, -0.15) is 0 Å². The molecule has 6 heteroatoms. The van der Waals surface area contributed by atoms with Crippen molar-refractivity contribution in [3.8, 4) is 5.75 Å². The Kier molecular flexibility index (Phi) is 4.55. The maximum absolute atomic E-state index is 11.7. The van der Waals surface area contributed by atoms with Crippen LogP contribution in [0.5, 0.6) is 5.75 Å². The molecule has 0 aromatic carbocycles. The molecule has 2 rings (SSSR count). The Labute approximate surface area is 125 Å². The van der Waals surface area contributed by atoms with Gasteiger partial charge in [0.15, 0.2) is 11.6 Å². The molecule has 2 heterocycles. The van der Waals surface area contributed by atoms with Crippen LogP contribution in [0.4, 0.5) is 10.6 Å². The Balaban J connectivity index is 1.94. The third-order valence-electron chi connectivity index (χ3n) is 3.30. The number of aromatic nitrogens is 1. The second-order valence-electron chi connectivity index (χ2n) is 6.22. The first-order valence-electron chi connectivity index (χ1n) is 7.24. The fourth-order valence-electron chi connectivity index (χ4n) is 2.45. The molecule has 0 aliphatic carbocycles. The Bertz CT molecular complexity index is 499. The topological polar surface area (TPSA) is 74.7 Å². The van der Waals surface area contributed by atoms with E-state index in [1.807, 2.05) is 25.7 Å². The molecule has 2 N–H and O–H groups in total. The van der Waals surface area contributed by atoms with Gasteiger partial charge in [0.05, 0.1) is 0 Å². The number of nitrogens with zero attached hydrogens (tertiary/aromatic N) is 2. The lowest BCUT2D eigenvalue weighted by Gasteiger charge is -2.27. The largest absolute Gasteiger partial charge is 0.504 e. The number of nitrogens with one attached hydrogen (secondary N) is 1. The van der Waals surface area contributed by atoms with Crippen molar-refractivity contribution in [1.82, 2.24) is 10.3 Å². The van der Waals surface area contributed by atoms with Gasteiger partial charge in [0.1, 0.15) is 5.60 Å². The summed E-state index contributed by atoms with van der Waals surface area (Å²) in [6, 6.07) is 3.44. The van der Waals surface area contributed by atoms with Crippen molar-refractivity contribution in [2.24, 2.45) is 0 Å². The van der Waals surface area contributed by atoms with E-state index in [-0.39, 0.29) is 11.8 Å². The summed E-state index contributed by atoms with van der Waals surface area (Å²) in [6.07, 6.45) is 3.20. The number of rotatable bonds is 3. The molecule has 1 aromatic rings. The lowest BCUT2D eigenvalue weighted by molar-refractivity contribution is 0.0525. The number of carbonyl (C=O) groups excluding carboxylic acids is 1. The molecule has 1 aliphatic heterocycles. The number of aromatic hydroxyl groups is 1. The van der Waals surface area contributed by atoms with Crippen molar-refractivity contribution in [1.29, 1.82) is 0 Å². The van der Waals surface area contributed by atoms with Crippen LogP contribution in [0.1, 0.15) is 33.6 Å². The summed E-state index contributed by atoms with van der Waals surface area (Å²) in [4.78, 5) is 18.0. The minimum Gasteiger partial charge on any atom is -0.504 e. The zero-order valence-electron chi connectivity index (χ0n) is 12.8. The van der Waals surface area contributed by atoms with Crippen LogP contribution in [0.2, 0.25) is 0 Å². The van der Waals surface area contributed by atoms with Gasteiger partial charge in [0.2, 0.25) is 0 Å². The first-order valence-corrected chi connectivity index (χ1v) is 7.24. The second-order valence-corrected chi connectivity index (χ2v) is 6.22. The van der Waals surface area contributed by atoms with E-state index >= 15 is 0 Å². The lowest BCUT2D eigenvalue weighted by Crippen LogP contribution is -2.42. The van der Waals surface area contributed by atoms with E-state index in [9.17, 15) is 9.90 Å². The summed E-state index contributed by atoms with van der Waals surface area (Å²) in [7, 11) is 0. The summed E-state index contributed by atoms with van der Waals surface area (Å²) in [5.74, 6) is 0.743. The van der Waals surface area contributed by atoms with Gasteiger partial charge in [0, 0.05) is 25.3 Å². The predicted molar refractivity (Wildman–Crippen MR) is 80.5 cm³/mol. The zero-order chi connectivity index (χ0) is 15.5. The van der Waals surface area contributed by atoms with Gasteiger partial charge < -0.3 is 20.1 Å². The number of ether oxygens (including phenoxy) is 1. The molecule has 0 radical (unpaired) electrons. The third-order valence-corrected chi connectivity index (χ3v) is 3.30. The summed E-state index contributed by atoms with van der Waals surface area (Å²) >= 11 is 0.